The Bertz CT molecular complexity index is 889. The number of aromatic nitrogens is 2. The fraction of sp³-hybridized carbons (Fsp3) is 0.500. The van der Waals surface area contributed by atoms with Gasteiger partial charge in [-0.3, -0.25) is 4.79 Å². The SMILES string of the molecule is O=C(C(F)F)N1CCC2(CC1)C[C@@H](C1c3ccccc3-c3cncn31)[C@H]2O. The minimum atomic E-state index is -2.95. The number of nitrogens with zero attached hydrogens (tertiary/aromatic N) is 3. The molecule has 2 aliphatic heterocycles. The highest BCUT2D eigenvalue weighted by atomic mass is 19.3. The topological polar surface area (TPSA) is 58.4 Å². The molecular weight excluding hydrogens is 352 g/mol. The van der Waals surface area contributed by atoms with Gasteiger partial charge in [-0.15, -0.1) is 0 Å². The first-order valence-electron chi connectivity index (χ1n) is 9.38. The summed E-state index contributed by atoms with van der Waals surface area (Å²) in [5, 5.41) is 11.1. The summed E-state index contributed by atoms with van der Waals surface area (Å²) in [5.41, 5.74) is 3.17. The Hall–Kier alpha value is -2.28. The lowest BCUT2D eigenvalue weighted by atomic mass is 9.53. The first kappa shape index (κ1) is 16.9. The molecule has 1 saturated carbocycles. The Morgan fingerprint density at radius 1 is 1.26 bits per heavy atom. The van der Waals surface area contributed by atoms with Crippen LogP contribution in [0.15, 0.2) is 36.8 Å². The Labute approximate surface area is 155 Å². The van der Waals surface area contributed by atoms with E-state index in [1.807, 2.05) is 24.7 Å². The van der Waals surface area contributed by atoms with Gasteiger partial charge in [0.25, 0.3) is 5.91 Å². The number of likely N-dealkylation sites (tertiary alicyclic amines) is 1. The molecule has 7 heteroatoms. The van der Waals surface area contributed by atoms with Crippen LogP contribution in [0.5, 0.6) is 0 Å². The maximum absolute atomic E-state index is 12.6. The normalized spacial score (nSPS) is 28.1. The van der Waals surface area contributed by atoms with Gasteiger partial charge in [-0.05, 0) is 24.8 Å². The van der Waals surface area contributed by atoms with Gasteiger partial charge in [0.15, 0.2) is 0 Å². The quantitative estimate of drug-likeness (QED) is 0.881. The second-order valence-corrected chi connectivity index (χ2v) is 8.02. The van der Waals surface area contributed by atoms with E-state index in [0.717, 1.165) is 17.7 Å². The molecule has 2 fully saturated rings. The standard InChI is InChI=1S/C20H21F2N3O2/c21-18(22)19(27)24-7-5-20(6-8-24)9-14(17(20)26)16-13-4-2-1-3-12(13)15-10-23-11-25(15)16/h1-4,10-11,14,16-18,26H,5-9H2/t14-,16?,17+/m0/s1. The first-order valence-corrected chi connectivity index (χ1v) is 9.38. The summed E-state index contributed by atoms with van der Waals surface area (Å²) >= 11 is 0. The molecule has 0 radical (unpaired) electrons. The predicted molar refractivity (Wildman–Crippen MR) is 94.2 cm³/mol. The number of alkyl halides is 2. The van der Waals surface area contributed by atoms with E-state index in [2.05, 4.69) is 21.7 Å². The molecule has 2 aromatic rings. The molecule has 1 aliphatic carbocycles. The van der Waals surface area contributed by atoms with Crippen LogP contribution in [0.3, 0.4) is 0 Å². The number of halogens is 2. The van der Waals surface area contributed by atoms with Gasteiger partial charge in [0.2, 0.25) is 0 Å². The van der Waals surface area contributed by atoms with Crippen LogP contribution in [0.25, 0.3) is 11.3 Å². The van der Waals surface area contributed by atoms with E-state index in [-0.39, 0.29) is 17.4 Å². The lowest BCUT2D eigenvalue weighted by molar-refractivity contribution is -0.169. The van der Waals surface area contributed by atoms with Crippen molar-refractivity contribution in [3.05, 3.63) is 42.4 Å². The number of benzene rings is 1. The molecule has 1 amide bonds. The zero-order valence-electron chi connectivity index (χ0n) is 14.8. The average molecular weight is 373 g/mol. The van der Waals surface area contributed by atoms with E-state index in [1.54, 1.807) is 0 Å². The van der Waals surface area contributed by atoms with E-state index in [0.29, 0.717) is 25.9 Å². The van der Waals surface area contributed by atoms with Crippen molar-refractivity contribution < 1.29 is 18.7 Å². The van der Waals surface area contributed by atoms with E-state index in [1.165, 1.54) is 10.5 Å². The Balaban J connectivity index is 1.35. The summed E-state index contributed by atoms with van der Waals surface area (Å²) in [7, 11) is 0. The second kappa shape index (κ2) is 5.86. The minimum absolute atomic E-state index is 0.0556. The second-order valence-electron chi connectivity index (χ2n) is 8.02. The van der Waals surface area contributed by atoms with Crippen molar-refractivity contribution in [1.29, 1.82) is 0 Å². The number of imidazole rings is 1. The van der Waals surface area contributed by atoms with Crippen LogP contribution >= 0.6 is 0 Å². The van der Waals surface area contributed by atoms with Gasteiger partial charge in [-0.25, -0.2) is 4.98 Å². The number of piperidine rings is 1. The lowest BCUT2D eigenvalue weighted by Crippen LogP contribution is -2.60. The van der Waals surface area contributed by atoms with Crippen molar-refractivity contribution >= 4 is 5.91 Å². The van der Waals surface area contributed by atoms with Gasteiger partial charge in [0, 0.05) is 30.0 Å². The number of carbonyl (C=O) groups excluding carboxylic acids is 1. The summed E-state index contributed by atoms with van der Waals surface area (Å²) < 4.78 is 27.4. The summed E-state index contributed by atoms with van der Waals surface area (Å²) in [5.74, 6) is -1.03. The Morgan fingerprint density at radius 3 is 2.70 bits per heavy atom. The summed E-state index contributed by atoms with van der Waals surface area (Å²) in [6, 6.07) is 8.26. The zero-order valence-corrected chi connectivity index (χ0v) is 14.8. The highest BCUT2D eigenvalue weighted by molar-refractivity contribution is 5.79. The van der Waals surface area contributed by atoms with E-state index in [9.17, 15) is 18.7 Å². The van der Waals surface area contributed by atoms with Crippen molar-refractivity contribution in [3.63, 3.8) is 0 Å². The number of aliphatic hydroxyl groups excluding tert-OH is 1. The largest absolute Gasteiger partial charge is 0.392 e. The molecule has 27 heavy (non-hydrogen) atoms. The van der Waals surface area contributed by atoms with Crippen molar-refractivity contribution in [1.82, 2.24) is 14.5 Å². The molecule has 3 aliphatic rings. The molecule has 3 atom stereocenters. The molecule has 5 rings (SSSR count). The molecule has 1 saturated heterocycles. The van der Waals surface area contributed by atoms with Gasteiger partial charge < -0.3 is 14.6 Å². The zero-order chi connectivity index (χ0) is 18.8. The molecule has 1 unspecified atom stereocenters. The third-order valence-corrected chi connectivity index (χ3v) is 6.86. The maximum atomic E-state index is 12.6. The third-order valence-electron chi connectivity index (χ3n) is 6.86. The van der Waals surface area contributed by atoms with E-state index in [4.69, 9.17) is 0 Å². The van der Waals surface area contributed by atoms with Crippen LogP contribution in [0.4, 0.5) is 8.78 Å². The van der Waals surface area contributed by atoms with Crippen LogP contribution < -0.4 is 0 Å². The molecule has 1 aromatic heterocycles. The van der Waals surface area contributed by atoms with Gasteiger partial charge >= 0.3 is 6.43 Å². The Kier molecular flexibility index (Phi) is 3.66. The molecular formula is C20H21F2N3O2. The number of carbonyl (C=O) groups is 1. The average Bonchev–Trinajstić information content (AvgIpc) is 3.27. The van der Waals surface area contributed by atoms with Gasteiger partial charge in [-0.1, -0.05) is 24.3 Å². The number of rotatable bonds is 2. The highest BCUT2D eigenvalue weighted by Crippen LogP contribution is 2.59. The number of fused-ring (bicyclic) bond motifs is 3. The smallest absolute Gasteiger partial charge is 0.315 e. The molecule has 142 valence electrons. The van der Waals surface area contributed by atoms with Crippen molar-refractivity contribution in [2.45, 2.75) is 37.8 Å². The van der Waals surface area contributed by atoms with Crippen LogP contribution in [0, 0.1) is 11.3 Å². The van der Waals surface area contributed by atoms with Crippen molar-refractivity contribution in [2.24, 2.45) is 11.3 Å². The maximum Gasteiger partial charge on any atom is 0.315 e. The molecule has 1 N–H and O–H groups in total. The minimum Gasteiger partial charge on any atom is -0.392 e. The van der Waals surface area contributed by atoms with E-state index < -0.39 is 18.4 Å². The summed E-state index contributed by atoms with van der Waals surface area (Å²) in [6.07, 6.45) is 2.21. The molecule has 0 bridgehead atoms. The van der Waals surface area contributed by atoms with Crippen LogP contribution in [-0.4, -0.2) is 51.1 Å². The molecule has 3 heterocycles. The monoisotopic (exact) mass is 373 g/mol. The number of hydrogen-bond acceptors (Lipinski definition) is 3. The first-order chi connectivity index (χ1) is 13.0. The third kappa shape index (κ3) is 2.30. The van der Waals surface area contributed by atoms with Gasteiger partial charge in [0.05, 0.1) is 30.4 Å². The van der Waals surface area contributed by atoms with Crippen molar-refractivity contribution in [3.8, 4) is 11.3 Å². The van der Waals surface area contributed by atoms with Crippen LogP contribution in [0.2, 0.25) is 0 Å². The lowest BCUT2D eigenvalue weighted by Gasteiger charge is -2.57. The van der Waals surface area contributed by atoms with Gasteiger partial charge in [0.1, 0.15) is 0 Å². The summed E-state index contributed by atoms with van der Waals surface area (Å²) in [4.78, 5) is 17.0. The molecule has 1 aromatic carbocycles. The fourth-order valence-electron chi connectivity index (χ4n) is 5.40. The highest BCUT2D eigenvalue weighted by Gasteiger charge is 2.58. The van der Waals surface area contributed by atoms with Crippen LogP contribution in [0.1, 0.15) is 30.9 Å². The Morgan fingerprint density at radius 2 is 2.00 bits per heavy atom. The van der Waals surface area contributed by atoms with Gasteiger partial charge in [-0.2, -0.15) is 8.78 Å². The molecule has 1 spiro atoms. The predicted octanol–water partition coefficient (Wildman–Crippen LogP) is 2.71. The summed E-state index contributed by atoms with van der Waals surface area (Å²) in [6.45, 7) is 0.592. The number of aliphatic hydroxyl groups is 1. The van der Waals surface area contributed by atoms with Crippen LogP contribution in [-0.2, 0) is 4.79 Å². The number of hydrogen-bond donors (Lipinski definition) is 1. The fourth-order valence-corrected chi connectivity index (χ4v) is 5.40. The van der Waals surface area contributed by atoms with E-state index >= 15 is 0 Å². The molecule has 5 nitrogen and oxygen atoms in total. The van der Waals surface area contributed by atoms with Crippen molar-refractivity contribution in [2.75, 3.05) is 13.1 Å². The number of amides is 1.